The fourth-order valence-corrected chi connectivity index (χ4v) is 2.03. The Bertz CT molecular complexity index is 552. The molecule has 0 fully saturated rings. The number of aryl methyl sites for hydroxylation is 1. The van der Waals surface area contributed by atoms with Crippen molar-refractivity contribution in [1.29, 1.82) is 0 Å². The van der Waals surface area contributed by atoms with Gasteiger partial charge in [0.15, 0.2) is 0 Å². The number of nitrogens with one attached hydrogen (secondary N) is 1. The lowest BCUT2D eigenvalue weighted by molar-refractivity contribution is 0.0934. The summed E-state index contributed by atoms with van der Waals surface area (Å²) >= 11 is 0. The van der Waals surface area contributed by atoms with Gasteiger partial charge in [0.25, 0.3) is 5.91 Å². The minimum Gasteiger partial charge on any atom is -0.344 e. The number of rotatable bonds is 5. The quantitative estimate of drug-likeness (QED) is 0.908. The summed E-state index contributed by atoms with van der Waals surface area (Å²) in [5.74, 6) is -0.205. The second-order valence-corrected chi connectivity index (χ2v) is 4.78. The second-order valence-electron chi connectivity index (χ2n) is 4.78. The summed E-state index contributed by atoms with van der Waals surface area (Å²) in [5, 5.41) is 2.92. The number of carbonyl (C=O) groups excluding carboxylic acids is 1. The molecule has 0 unspecified atom stereocenters. The van der Waals surface area contributed by atoms with Crippen LogP contribution in [0, 0.1) is 0 Å². The van der Waals surface area contributed by atoms with Crippen LogP contribution in [0.1, 0.15) is 47.9 Å². The number of hydrogen-bond acceptors (Lipinski definition) is 3. The van der Waals surface area contributed by atoms with E-state index >= 15 is 0 Å². The molecule has 20 heavy (non-hydrogen) atoms. The van der Waals surface area contributed by atoms with Crippen molar-refractivity contribution >= 4 is 5.91 Å². The minimum absolute atomic E-state index is 0.0554. The molecule has 4 heteroatoms. The van der Waals surface area contributed by atoms with Gasteiger partial charge in [-0.25, -0.2) is 4.98 Å². The van der Waals surface area contributed by atoms with E-state index in [1.807, 2.05) is 6.92 Å². The van der Waals surface area contributed by atoms with Crippen molar-refractivity contribution in [3.8, 4) is 0 Å². The Morgan fingerprint density at radius 3 is 2.60 bits per heavy atom. The maximum absolute atomic E-state index is 12.0. The number of aromatic nitrogens is 2. The number of hydrogen-bond donors (Lipinski definition) is 1. The lowest BCUT2D eigenvalue weighted by Gasteiger charge is -2.14. The molecule has 1 atom stereocenters. The van der Waals surface area contributed by atoms with Crippen LogP contribution in [-0.4, -0.2) is 15.9 Å². The highest BCUT2D eigenvalue weighted by Crippen LogP contribution is 2.14. The van der Waals surface area contributed by atoms with Crippen LogP contribution in [0.4, 0.5) is 0 Å². The van der Waals surface area contributed by atoms with Crippen LogP contribution in [0.5, 0.6) is 0 Å². The van der Waals surface area contributed by atoms with Gasteiger partial charge in [0, 0.05) is 12.4 Å². The molecule has 0 bridgehead atoms. The smallest absolute Gasteiger partial charge is 0.271 e. The highest BCUT2D eigenvalue weighted by molar-refractivity contribution is 5.92. The first-order chi connectivity index (χ1) is 9.70. The highest BCUT2D eigenvalue weighted by Gasteiger charge is 2.12. The minimum atomic E-state index is -0.205. The van der Waals surface area contributed by atoms with Crippen LogP contribution >= 0.6 is 0 Å². The molecule has 1 aromatic heterocycles. The maximum Gasteiger partial charge on any atom is 0.271 e. The zero-order valence-corrected chi connectivity index (χ0v) is 11.8. The van der Waals surface area contributed by atoms with Gasteiger partial charge in [0.1, 0.15) is 5.69 Å². The van der Waals surface area contributed by atoms with Gasteiger partial charge in [-0.05, 0) is 24.5 Å². The maximum atomic E-state index is 12.0. The van der Waals surface area contributed by atoms with Crippen molar-refractivity contribution in [2.75, 3.05) is 0 Å². The Kier molecular flexibility index (Phi) is 4.82. The van der Waals surface area contributed by atoms with Crippen LogP contribution < -0.4 is 5.32 Å². The molecule has 104 valence electrons. The van der Waals surface area contributed by atoms with E-state index in [9.17, 15) is 4.79 Å². The molecule has 0 aliphatic heterocycles. The van der Waals surface area contributed by atoms with Gasteiger partial charge in [-0.1, -0.05) is 37.6 Å². The Morgan fingerprint density at radius 1 is 1.25 bits per heavy atom. The third kappa shape index (κ3) is 3.63. The van der Waals surface area contributed by atoms with Crippen molar-refractivity contribution in [3.05, 3.63) is 59.7 Å². The van der Waals surface area contributed by atoms with E-state index < -0.39 is 0 Å². The van der Waals surface area contributed by atoms with Crippen LogP contribution in [-0.2, 0) is 6.42 Å². The average molecular weight is 269 g/mol. The summed E-state index contributed by atoms with van der Waals surface area (Å²) < 4.78 is 0. The summed E-state index contributed by atoms with van der Waals surface area (Å²) in [5.41, 5.74) is 2.74. The van der Waals surface area contributed by atoms with Gasteiger partial charge in [0.2, 0.25) is 0 Å². The lowest BCUT2D eigenvalue weighted by Crippen LogP contribution is -2.27. The average Bonchev–Trinajstić information content (AvgIpc) is 2.49. The van der Waals surface area contributed by atoms with Crippen LogP contribution in [0.2, 0.25) is 0 Å². The SMILES string of the molecule is CCCc1ccc([C@@H](C)NC(=O)c2cnccn2)cc1. The topological polar surface area (TPSA) is 54.9 Å². The normalized spacial score (nSPS) is 11.9. The Morgan fingerprint density at radius 2 is 2.00 bits per heavy atom. The molecule has 0 aliphatic rings. The van der Waals surface area contributed by atoms with Gasteiger partial charge < -0.3 is 5.32 Å². The fourth-order valence-electron chi connectivity index (χ4n) is 2.03. The number of nitrogens with zero attached hydrogens (tertiary/aromatic N) is 2. The molecule has 4 nitrogen and oxygen atoms in total. The summed E-state index contributed by atoms with van der Waals surface area (Å²) in [6.07, 6.45) is 6.75. The molecule has 0 aliphatic carbocycles. The number of carbonyl (C=O) groups is 1. The first kappa shape index (κ1) is 14.2. The predicted octanol–water partition coefficient (Wildman–Crippen LogP) is 2.92. The Hall–Kier alpha value is -2.23. The molecule has 0 spiro atoms. The van der Waals surface area contributed by atoms with Crippen LogP contribution in [0.3, 0.4) is 0 Å². The fraction of sp³-hybridized carbons (Fsp3) is 0.312. The molecule has 1 aromatic carbocycles. The van der Waals surface area contributed by atoms with E-state index in [1.165, 1.54) is 18.0 Å². The van der Waals surface area contributed by atoms with Crippen LogP contribution in [0.15, 0.2) is 42.9 Å². The molecule has 2 rings (SSSR count). The zero-order valence-electron chi connectivity index (χ0n) is 11.8. The largest absolute Gasteiger partial charge is 0.344 e. The standard InChI is InChI=1S/C16H19N3O/c1-3-4-13-5-7-14(8-6-13)12(2)19-16(20)15-11-17-9-10-18-15/h5-12H,3-4H2,1-2H3,(H,19,20)/t12-/m1/s1. The van der Waals surface area contributed by atoms with Crippen molar-refractivity contribution in [1.82, 2.24) is 15.3 Å². The monoisotopic (exact) mass is 269 g/mol. The van der Waals surface area contributed by atoms with E-state index in [0.29, 0.717) is 5.69 Å². The molecule has 0 saturated carbocycles. The third-order valence-electron chi connectivity index (χ3n) is 3.16. The summed E-state index contributed by atoms with van der Waals surface area (Å²) in [6.45, 7) is 4.13. The Labute approximate surface area is 119 Å². The van der Waals surface area contributed by atoms with E-state index in [4.69, 9.17) is 0 Å². The van der Waals surface area contributed by atoms with E-state index in [1.54, 1.807) is 6.20 Å². The molecular weight excluding hydrogens is 250 g/mol. The Balaban J connectivity index is 2.01. The highest BCUT2D eigenvalue weighted by atomic mass is 16.1. The van der Waals surface area contributed by atoms with Gasteiger partial charge in [-0.15, -0.1) is 0 Å². The summed E-state index contributed by atoms with van der Waals surface area (Å²) in [4.78, 5) is 19.9. The van der Waals surface area contributed by atoms with Gasteiger partial charge in [-0.2, -0.15) is 0 Å². The van der Waals surface area contributed by atoms with Gasteiger partial charge in [-0.3, -0.25) is 9.78 Å². The van der Waals surface area contributed by atoms with Crippen molar-refractivity contribution < 1.29 is 4.79 Å². The van der Waals surface area contributed by atoms with Crippen molar-refractivity contribution in [2.45, 2.75) is 32.7 Å². The number of amides is 1. The molecule has 0 saturated heterocycles. The summed E-state index contributed by atoms with van der Waals surface area (Å²) in [6, 6.07) is 8.30. The third-order valence-corrected chi connectivity index (χ3v) is 3.16. The molecule has 0 radical (unpaired) electrons. The molecule has 1 heterocycles. The second kappa shape index (κ2) is 6.80. The van der Waals surface area contributed by atoms with E-state index in [-0.39, 0.29) is 11.9 Å². The predicted molar refractivity (Wildman–Crippen MR) is 78.4 cm³/mol. The first-order valence-electron chi connectivity index (χ1n) is 6.86. The zero-order chi connectivity index (χ0) is 14.4. The number of benzene rings is 1. The summed E-state index contributed by atoms with van der Waals surface area (Å²) in [7, 11) is 0. The molecule has 1 N–H and O–H groups in total. The van der Waals surface area contributed by atoms with Gasteiger partial charge >= 0.3 is 0 Å². The molecule has 2 aromatic rings. The van der Waals surface area contributed by atoms with Crippen molar-refractivity contribution in [2.24, 2.45) is 0 Å². The molecular formula is C16H19N3O. The lowest BCUT2D eigenvalue weighted by atomic mass is 10.0. The van der Waals surface area contributed by atoms with E-state index in [2.05, 4.69) is 46.5 Å². The van der Waals surface area contributed by atoms with Crippen molar-refractivity contribution in [3.63, 3.8) is 0 Å². The first-order valence-corrected chi connectivity index (χ1v) is 6.86. The van der Waals surface area contributed by atoms with E-state index in [0.717, 1.165) is 18.4 Å². The van der Waals surface area contributed by atoms with Gasteiger partial charge in [0.05, 0.1) is 12.2 Å². The molecule has 1 amide bonds. The van der Waals surface area contributed by atoms with Crippen LogP contribution in [0.25, 0.3) is 0 Å².